The van der Waals surface area contributed by atoms with E-state index in [2.05, 4.69) is 34.9 Å². The van der Waals surface area contributed by atoms with E-state index in [1.807, 2.05) is 67.6 Å². The van der Waals surface area contributed by atoms with Crippen LogP contribution in [0, 0.1) is 0 Å². The van der Waals surface area contributed by atoms with Crippen LogP contribution in [0.3, 0.4) is 0 Å². The van der Waals surface area contributed by atoms with Crippen LogP contribution >= 0.6 is 0 Å². The lowest BCUT2D eigenvalue weighted by molar-refractivity contribution is -0.704. The highest BCUT2D eigenvalue weighted by Crippen LogP contribution is 2.18. The Bertz CT molecular complexity index is 842. The van der Waals surface area contributed by atoms with Gasteiger partial charge in [0.2, 0.25) is 0 Å². The molecule has 4 heteroatoms. The predicted molar refractivity (Wildman–Crippen MR) is 111 cm³/mol. The van der Waals surface area contributed by atoms with Gasteiger partial charge in [0, 0.05) is 23.2 Å². The van der Waals surface area contributed by atoms with E-state index in [0.717, 1.165) is 11.3 Å². The average Bonchev–Trinajstić information content (AvgIpc) is 2.77. The molecule has 0 aliphatic rings. The molecule has 28 heavy (non-hydrogen) atoms. The van der Waals surface area contributed by atoms with Crippen LogP contribution in [0.15, 0.2) is 84.9 Å². The van der Waals surface area contributed by atoms with Crippen molar-refractivity contribution >= 4 is 5.91 Å². The number of hydrogen-bond donors (Lipinski definition) is 2. The molecule has 0 aliphatic heterocycles. The standard InChI is InChI=1S/C24H26N2O2/c1-18(24(27)25-17-21-15-9-10-16-22(21)28-2)26-23(19-11-5-3-6-12-19)20-13-7-4-8-14-20/h3-16,18,23,26H,17H2,1-2H3,(H,25,27)/p+1/t18-/m1/s1. The smallest absolute Gasteiger partial charge is 0.278 e. The molecule has 0 radical (unpaired) electrons. The maximum Gasteiger partial charge on any atom is 0.278 e. The summed E-state index contributed by atoms with van der Waals surface area (Å²) in [5.41, 5.74) is 3.32. The van der Waals surface area contributed by atoms with Crippen molar-refractivity contribution in [2.24, 2.45) is 0 Å². The van der Waals surface area contributed by atoms with Crippen molar-refractivity contribution in [1.29, 1.82) is 0 Å². The molecular weight excluding hydrogens is 348 g/mol. The van der Waals surface area contributed by atoms with Crippen molar-refractivity contribution in [3.8, 4) is 5.75 Å². The number of rotatable bonds is 8. The number of quaternary nitrogens is 1. The number of amides is 1. The molecule has 0 spiro atoms. The number of methoxy groups -OCH3 is 1. The van der Waals surface area contributed by atoms with Gasteiger partial charge in [-0.15, -0.1) is 0 Å². The lowest BCUT2D eigenvalue weighted by Crippen LogP contribution is -2.92. The number of carbonyl (C=O) groups is 1. The lowest BCUT2D eigenvalue weighted by Gasteiger charge is -2.21. The maximum atomic E-state index is 12.7. The van der Waals surface area contributed by atoms with Crippen LogP contribution in [-0.2, 0) is 11.3 Å². The predicted octanol–water partition coefficient (Wildman–Crippen LogP) is 3.05. The molecule has 3 aromatic rings. The second-order valence-electron chi connectivity index (χ2n) is 6.81. The second kappa shape index (κ2) is 9.72. The van der Waals surface area contributed by atoms with Crippen LogP contribution in [0.1, 0.15) is 29.7 Å². The zero-order valence-electron chi connectivity index (χ0n) is 16.3. The zero-order valence-corrected chi connectivity index (χ0v) is 16.3. The Balaban J connectivity index is 1.69. The molecule has 0 fully saturated rings. The monoisotopic (exact) mass is 375 g/mol. The van der Waals surface area contributed by atoms with Crippen LogP contribution in [0.5, 0.6) is 5.75 Å². The van der Waals surface area contributed by atoms with Gasteiger partial charge in [0.05, 0.1) is 7.11 Å². The number of para-hydroxylation sites is 1. The highest BCUT2D eigenvalue weighted by Gasteiger charge is 2.24. The first-order valence-electron chi connectivity index (χ1n) is 9.53. The van der Waals surface area contributed by atoms with Crippen molar-refractivity contribution in [3.05, 3.63) is 102 Å². The summed E-state index contributed by atoms with van der Waals surface area (Å²) < 4.78 is 5.36. The fourth-order valence-corrected chi connectivity index (χ4v) is 3.30. The molecule has 0 unspecified atom stereocenters. The summed E-state index contributed by atoms with van der Waals surface area (Å²) in [6, 6.07) is 28.1. The van der Waals surface area contributed by atoms with Gasteiger partial charge in [0.15, 0.2) is 6.04 Å². The number of benzene rings is 3. The fraction of sp³-hybridized carbons (Fsp3) is 0.208. The third kappa shape index (κ3) is 4.99. The molecule has 4 nitrogen and oxygen atoms in total. The molecule has 0 aliphatic carbocycles. The SMILES string of the molecule is COc1ccccc1CNC(=O)[C@@H](C)[NH2+]C(c1ccccc1)c1ccccc1. The Labute approximate surface area is 166 Å². The number of carbonyl (C=O) groups excluding carboxylic acids is 1. The normalized spacial score (nSPS) is 11.8. The Morgan fingerprint density at radius 1 is 0.893 bits per heavy atom. The minimum atomic E-state index is -0.236. The van der Waals surface area contributed by atoms with Gasteiger partial charge in [-0.05, 0) is 13.0 Å². The number of ether oxygens (including phenoxy) is 1. The summed E-state index contributed by atoms with van der Waals surface area (Å²) in [5.74, 6) is 0.786. The Morgan fingerprint density at radius 2 is 1.43 bits per heavy atom. The molecule has 1 atom stereocenters. The van der Waals surface area contributed by atoms with E-state index in [1.165, 1.54) is 11.1 Å². The summed E-state index contributed by atoms with van der Waals surface area (Å²) in [6.45, 7) is 2.39. The van der Waals surface area contributed by atoms with Gasteiger partial charge >= 0.3 is 0 Å². The van der Waals surface area contributed by atoms with Gasteiger partial charge in [-0.3, -0.25) is 4.79 Å². The first-order valence-corrected chi connectivity index (χ1v) is 9.53. The largest absolute Gasteiger partial charge is 0.496 e. The van der Waals surface area contributed by atoms with E-state index in [0.29, 0.717) is 6.54 Å². The number of nitrogens with two attached hydrogens (primary N) is 1. The van der Waals surface area contributed by atoms with Crippen LogP contribution in [0.25, 0.3) is 0 Å². The lowest BCUT2D eigenvalue weighted by atomic mass is 9.98. The molecule has 3 rings (SSSR count). The number of hydrogen-bond acceptors (Lipinski definition) is 2. The summed E-state index contributed by atoms with van der Waals surface area (Å²) >= 11 is 0. The topological polar surface area (TPSA) is 54.9 Å². The molecule has 0 heterocycles. The summed E-state index contributed by atoms with van der Waals surface area (Å²) in [5, 5.41) is 5.14. The van der Waals surface area contributed by atoms with Gasteiger partial charge in [-0.2, -0.15) is 0 Å². The van der Waals surface area contributed by atoms with Crippen molar-refractivity contribution in [1.82, 2.24) is 5.32 Å². The van der Waals surface area contributed by atoms with Crippen molar-refractivity contribution in [2.45, 2.75) is 25.6 Å². The van der Waals surface area contributed by atoms with Gasteiger partial charge in [-0.1, -0.05) is 78.9 Å². The van der Waals surface area contributed by atoms with Gasteiger partial charge in [-0.25, -0.2) is 0 Å². The van der Waals surface area contributed by atoms with E-state index in [1.54, 1.807) is 7.11 Å². The molecule has 1 amide bonds. The molecule has 0 saturated carbocycles. The third-order valence-corrected chi connectivity index (χ3v) is 4.86. The first kappa shape index (κ1) is 19.6. The Hall–Kier alpha value is -3.11. The highest BCUT2D eigenvalue weighted by atomic mass is 16.5. The quantitative estimate of drug-likeness (QED) is 0.636. The Kier molecular flexibility index (Phi) is 6.82. The van der Waals surface area contributed by atoms with Crippen molar-refractivity contribution in [3.63, 3.8) is 0 Å². The first-order chi connectivity index (χ1) is 13.7. The summed E-state index contributed by atoms with van der Waals surface area (Å²) in [6.07, 6.45) is 0. The maximum absolute atomic E-state index is 12.7. The molecule has 144 valence electrons. The molecule has 3 aromatic carbocycles. The van der Waals surface area contributed by atoms with Gasteiger partial charge in [0.25, 0.3) is 5.91 Å². The molecular formula is C24H27N2O2+. The van der Waals surface area contributed by atoms with Crippen LogP contribution in [0.4, 0.5) is 0 Å². The molecule has 0 saturated heterocycles. The second-order valence-corrected chi connectivity index (χ2v) is 6.81. The van der Waals surface area contributed by atoms with E-state index in [-0.39, 0.29) is 18.0 Å². The zero-order chi connectivity index (χ0) is 19.8. The molecule has 3 N–H and O–H groups in total. The van der Waals surface area contributed by atoms with Gasteiger partial charge in [0.1, 0.15) is 11.8 Å². The van der Waals surface area contributed by atoms with Crippen molar-refractivity contribution < 1.29 is 14.8 Å². The van der Waals surface area contributed by atoms with Crippen molar-refractivity contribution in [2.75, 3.05) is 7.11 Å². The van der Waals surface area contributed by atoms with E-state index in [9.17, 15) is 4.79 Å². The molecule has 0 bridgehead atoms. The summed E-state index contributed by atoms with van der Waals surface area (Å²) in [7, 11) is 1.64. The van der Waals surface area contributed by atoms with Crippen LogP contribution in [0.2, 0.25) is 0 Å². The van der Waals surface area contributed by atoms with Gasteiger partial charge < -0.3 is 15.4 Å². The van der Waals surface area contributed by atoms with E-state index >= 15 is 0 Å². The molecule has 0 aromatic heterocycles. The summed E-state index contributed by atoms with van der Waals surface area (Å²) in [4.78, 5) is 12.7. The Morgan fingerprint density at radius 3 is 2.00 bits per heavy atom. The van der Waals surface area contributed by atoms with Crippen LogP contribution < -0.4 is 15.4 Å². The average molecular weight is 375 g/mol. The van der Waals surface area contributed by atoms with E-state index in [4.69, 9.17) is 4.74 Å². The number of nitrogens with one attached hydrogen (secondary N) is 1. The fourth-order valence-electron chi connectivity index (χ4n) is 3.30. The minimum Gasteiger partial charge on any atom is -0.496 e. The van der Waals surface area contributed by atoms with E-state index < -0.39 is 0 Å². The van der Waals surface area contributed by atoms with Crippen LogP contribution in [-0.4, -0.2) is 19.1 Å². The third-order valence-electron chi connectivity index (χ3n) is 4.86. The minimum absolute atomic E-state index is 0.00256. The highest BCUT2D eigenvalue weighted by molar-refractivity contribution is 5.79.